The van der Waals surface area contributed by atoms with E-state index >= 15 is 0 Å². The first-order valence-electron chi connectivity index (χ1n) is 5.22. The van der Waals surface area contributed by atoms with Crippen molar-refractivity contribution in [3.8, 4) is 0 Å². The molecule has 98 valence electrons. The van der Waals surface area contributed by atoms with Crippen LogP contribution in [0.5, 0.6) is 0 Å². The lowest BCUT2D eigenvalue weighted by Gasteiger charge is -2.03. The van der Waals surface area contributed by atoms with E-state index in [2.05, 4.69) is 15.0 Å². The fourth-order valence-electron chi connectivity index (χ4n) is 1.32. The number of anilines is 1. The van der Waals surface area contributed by atoms with Gasteiger partial charge in [0.05, 0.1) is 12.1 Å². The lowest BCUT2D eigenvalue weighted by atomic mass is 10.4. The van der Waals surface area contributed by atoms with E-state index in [9.17, 15) is 9.59 Å². The van der Waals surface area contributed by atoms with Crippen LogP contribution in [0.15, 0.2) is 34.9 Å². The molecule has 0 radical (unpaired) electrons. The molecule has 0 bridgehead atoms. The molecule has 0 fully saturated rings. The van der Waals surface area contributed by atoms with Gasteiger partial charge in [0.25, 0.3) is 5.91 Å². The fraction of sp³-hybridized carbons (Fsp3) is 0.0833. The highest BCUT2D eigenvalue weighted by atomic mass is 35.5. The number of carbonyl (C=O) groups is 2. The van der Waals surface area contributed by atoms with Crippen molar-refractivity contribution < 1.29 is 18.7 Å². The molecule has 0 aliphatic heterocycles. The number of rotatable bonds is 3. The molecule has 7 heteroatoms. The van der Waals surface area contributed by atoms with Crippen molar-refractivity contribution in [1.82, 2.24) is 4.98 Å². The van der Waals surface area contributed by atoms with E-state index in [1.807, 2.05) is 0 Å². The van der Waals surface area contributed by atoms with E-state index in [0.717, 1.165) is 0 Å². The Kier molecular flexibility index (Phi) is 3.82. The van der Waals surface area contributed by atoms with E-state index in [-0.39, 0.29) is 17.3 Å². The molecule has 1 N–H and O–H groups in total. The largest absolute Gasteiger partial charge is 0.463 e. The van der Waals surface area contributed by atoms with Gasteiger partial charge in [-0.15, -0.1) is 0 Å². The van der Waals surface area contributed by atoms with Crippen LogP contribution < -0.4 is 5.32 Å². The number of esters is 1. The third kappa shape index (κ3) is 2.92. The molecule has 2 rings (SSSR count). The molecule has 1 amide bonds. The summed E-state index contributed by atoms with van der Waals surface area (Å²) < 4.78 is 9.52. The summed E-state index contributed by atoms with van der Waals surface area (Å²) in [6.45, 7) is 0. The molecule has 0 spiro atoms. The number of ether oxygens (including phenoxy) is 1. The van der Waals surface area contributed by atoms with Gasteiger partial charge in [0.2, 0.25) is 5.76 Å². The maximum Gasteiger partial charge on any atom is 0.373 e. The summed E-state index contributed by atoms with van der Waals surface area (Å²) >= 11 is 5.85. The van der Waals surface area contributed by atoms with Crippen LogP contribution in [-0.4, -0.2) is 24.0 Å². The lowest BCUT2D eigenvalue weighted by Crippen LogP contribution is -2.12. The number of amides is 1. The van der Waals surface area contributed by atoms with E-state index in [4.69, 9.17) is 16.0 Å². The summed E-state index contributed by atoms with van der Waals surface area (Å²) in [5.41, 5.74) is 0. The van der Waals surface area contributed by atoms with Crippen LogP contribution in [0.3, 0.4) is 0 Å². The van der Waals surface area contributed by atoms with Crippen molar-refractivity contribution in [3.63, 3.8) is 0 Å². The molecule has 19 heavy (non-hydrogen) atoms. The molecule has 0 aromatic carbocycles. The van der Waals surface area contributed by atoms with Crippen LogP contribution in [0.4, 0.5) is 5.82 Å². The molecule has 0 aliphatic carbocycles. The summed E-state index contributed by atoms with van der Waals surface area (Å²) in [6.07, 6.45) is 1.49. The molecule has 6 nitrogen and oxygen atoms in total. The minimum atomic E-state index is -0.657. The number of halogens is 1. The Labute approximate surface area is 113 Å². The zero-order valence-electron chi connectivity index (χ0n) is 9.84. The summed E-state index contributed by atoms with van der Waals surface area (Å²) in [5, 5.41) is 2.77. The highest BCUT2D eigenvalue weighted by molar-refractivity contribution is 6.33. The first-order chi connectivity index (χ1) is 9.11. The second-order valence-electron chi connectivity index (χ2n) is 3.44. The normalized spacial score (nSPS) is 10.0. The van der Waals surface area contributed by atoms with Crippen molar-refractivity contribution in [3.05, 3.63) is 47.0 Å². The van der Waals surface area contributed by atoms with Gasteiger partial charge in [0.15, 0.2) is 11.6 Å². The molecule has 2 aromatic rings. The predicted octanol–water partition coefficient (Wildman–Crippen LogP) is 2.37. The molecule has 2 aromatic heterocycles. The number of furan rings is 1. The smallest absolute Gasteiger partial charge is 0.373 e. The molecule has 0 atom stereocenters. The number of methoxy groups -OCH3 is 1. The van der Waals surface area contributed by atoms with Gasteiger partial charge in [0, 0.05) is 6.20 Å². The van der Waals surface area contributed by atoms with Crippen LogP contribution in [0, 0.1) is 0 Å². The topological polar surface area (TPSA) is 81.4 Å². The number of hydrogen-bond donors (Lipinski definition) is 1. The van der Waals surface area contributed by atoms with Crippen molar-refractivity contribution >= 4 is 29.3 Å². The Morgan fingerprint density at radius 1 is 1.32 bits per heavy atom. The number of hydrogen-bond acceptors (Lipinski definition) is 5. The van der Waals surface area contributed by atoms with Gasteiger partial charge in [-0.25, -0.2) is 9.78 Å². The molecular weight excluding hydrogens is 272 g/mol. The van der Waals surface area contributed by atoms with Crippen LogP contribution in [0.25, 0.3) is 0 Å². The van der Waals surface area contributed by atoms with Gasteiger partial charge in [-0.3, -0.25) is 4.79 Å². The standard InChI is InChI=1S/C12H9ClN2O4/c1-18-12(17)9-5-4-8(19-9)11(16)15-10-7(13)3-2-6-14-10/h2-6H,1H3,(H,14,15,16). The maximum atomic E-state index is 11.8. The highest BCUT2D eigenvalue weighted by Gasteiger charge is 2.17. The van der Waals surface area contributed by atoms with E-state index < -0.39 is 11.9 Å². The molecule has 0 unspecified atom stereocenters. The molecule has 0 aliphatic rings. The Bertz CT molecular complexity index is 624. The third-order valence-electron chi connectivity index (χ3n) is 2.21. The van der Waals surface area contributed by atoms with Gasteiger partial charge in [0.1, 0.15) is 0 Å². The monoisotopic (exact) mass is 280 g/mol. The minimum Gasteiger partial charge on any atom is -0.463 e. The lowest BCUT2D eigenvalue weighted by molar-refractivity contribution is 0.0563. The first kappa shape index (κ1) is 13.1. The van der Waals surface area contributed by atoms with Gasteiger partial charge < -0.3 is 14.5 Å². The van der Waals surface area contributed by atoms with E-state index in [0.29, 0.717) is 5.02 Å². The zero-order valence-corrected chi connectivity index (χ0v) is 10.6. The van der Waals surface area contributed by atoms with E-state index in [1.54, 1.807) is 12.1 Å². The second kappa shape index (κ2) is 5.53. The van der Waals surface area contributed by atoms with Crippen molar-refractivity contribution in [2.45, 2.75) is 0 Å². The molecule has 0 saturated carbocycles. The molecular formula is C12H9ClN2O4. The number of pyridine rings is 1. The Morgan fingerprint density at radius 3 is 2.74 bits per heavy atom. The van der Waals surface area contributed by atoms with Gasteiger partial charge in [-0.2, -0.15) is 0 Å². The number of nitrogens with one attached hydrogen (secondary N) is 1. The average Bonchev–Trinajstić information content (AvgIpc) is 2.90. The number of aromatic nitrogens is 1. The highest BCUT2D eigenvalue weighted by Crippen LogP contribution is 2.19. The van der Waals surface area contributed by atoms with Crippen LogP contribution in [-0.2, 0) is 4.74 Å². The second-order valence-corrected chi connectivity index (χ2v) is 3.85. The third-order valence-corrected chi connectivity index (χ3v) is 2.51. The summed E-state index contributed by atoms with van der Waals surface area (Å²) in [7, 11) is 1.22. The summed E-state index contributed by atoms with van der Waals surface area (Å²) in [5.74, 6) is -1.10. The van der Waals surface area contributed by atoms with Gasteiger partial charge in [-0.05, 0) is 24.3 Å². The number of nitrogens with zero attached hydrogens (tertiary/aromatic N) is 1. The SMILES string of the molecule is COC(=O)c1ccc(C(=O)Nc2ncccc2Cl)o1. The summed E-state index contributed by atoms with van der Waals surface area (Å²) in [4.78, 5) is 26.9. The Morgan fingerprint density at radius 2 is 2.05 bits per heavy atom. The van der Waals surface area contributed by atoms with Crippen LogP contribution in [0.1, 0.15) is 21.1 Å². The maximum absolute atomic E-state index is 11.8. The quantitative estimate of drug-likeness (QED) is 0.873. The van der Waals surface area contributed by atoms with Crippen LogP contribution >= 0.6 is 11.6 Å². The average molecular weight is 281 g/mol. The first-order valence-corrected chi connectivity index (χ1v) is 5.59. The van der Waals surface area contributed by atoms with Crippen LogP contribution in [0.2, 0.25) is 5.02 Å². The zero-order chi connectivity index (χ0) is 13.8. The predicted molar refractivity (Wildman–Crippen MR) is 67.2 cm³/mol. The van der Waals surface area contributed by atoms with Gasteiger partial charge >= 0.3 is 5.97 Å². The van der Waals surface area contributed by atoms with Crippen molar-refractivity contribution in [2.75, 3.05) is 12.4 Å². The van der Waals surface area contributed by atoms with Crippen molar-refractivity contribution in [2.24, 2.45) is 0 Å². The summed E-state index contributed by atoms with van der Waals surface area (Å²) in [6, 6.07) is 5.94. The van der Waals surface area contributed by atoms with Gasteiger partial charge in [-0.1, -0.05) is 11.6 Å². The molecule has 2 heterocycles. The fourth-order valence-corrected chi connectivity index (χ4v) is 1.49. The Balaban J connectivity index is 2.15. The molecule has 0 saturated heterocycles. The minimum absolute atomic E-state index is 0.0397. The van der Waals surface area contributed by atoms with Crippen molar-refractivity contribution in [1.29, 1.82) is 0 Å². The Hall–Kier alpha value is -2.34. The number of carbonyl (C=O) groups excluding carboxylic acids is 2. The van der Waals surface area contributed by atoms with E-state index in [1.165, 1.54) is 25.4 Å².